The molecule has 2 atom stereocenters. The number of carbonyl (C=O) groups excluding carboxylic acids is 2. The quantitative estimate of drug-likeness (QED) is 0.0213. The lowest BCUT2D eigenvalue weighted by Gasteiger charge is -2.25. The molecule has 0 amide bonds. The monoisotopic (exact) mass is 833 g/mol. The third kappa shape index (κ3) is 43.2. The van der Waals surface area contributed by atoms with Crippen molar-refractivity contribution in [2.24, 2.45) is 0 Å². The predicted molar refractivity (Wildman–Crippen MR) is 244 cm³/mol. The largest absolute Gasteiger partial charge is 0.477 e. The van der Waals surface area contributed by atoms with Crippen molar-refractivity contribution in [2.75, 3.05) is 47.5 Å². The third-order valence-electron chi connectivity index (χ3n) is 10.1. The number of rotatable bonds is 43. The van der Waals surface area contributed by atoms with E-state index in [2.05, 4.69) is 62.5 Å². The Morgan fingerprint density at radius 3 is 1.47 bits per heavy atom. The van der Waals surface area contributed by atoms with Crippen LogP contribution in [0.2, 0.25) is 0 Å². The number of hydrogen-bond donors (Lipinski definition) is 1. The Kier molecular flexibility index (Phi) is 40.0. The average Bonchev–Trinajstić information content (AvgIpc) is 3.19. The summed E-state index contributed by atoms with van der Waals surface area (Å²) in [6.45, 7) is 4.72. The Morgan fingerprint density at radius 1 is 0.525 bits per heavy atom. The zero-order valence-corrected chi connectivity index (χ0v) is 38.7. The van der Waals surface area contributed by atoms with E-state index < -0.39 is 24.3 Å². The van der Waals surface area contributed by atoms with Gasteiger partial charge in [0.25, 0.3) is 6.29 Å². The van der Waals surface area contributed by atoms with Gasteiger partial charge in [0.05, 0.1) is 34.4 Å². The van der Waals surface area contributed by atoms with Crippen molar-refractivity contribution in [3.8, 4) is 0 Å². The molecule has 0 saturated heterocycles. The Balaban J connectivity index is 4.36. The van der Waals surface area contributed by atoms with Gasteiger partial charge in [0, 0.05) is 12.8 Å². The number of quaternary nitrogens is 1. The molecule has 9 heteroatoms. The fourth-order valence-electron chi connectivity index (χ4n) is 6.37. The van der Waals surface area contributed by atoms with Gasteiger partial charge in [-0.15, -0.1) is 0 Å². The van der Waals surface area contributed by atoms with Crippen molar-refractivity contribution in [3.05, 3.63) is 48.6 Å². The third-order valence-corrected chi connectivity index (χ3v) is 10.1. The smallest absolute Gasteiger partial charge is 0.361 e. The lowest BCUT2D eigenvalue weighted by Crippen LogP contribution is -2.40. The summed E-state index contributed by atoms with van der Waals surface area (Å²) in [5, 5.41) is 9.64. The van der Waals surface area contributed by atoms with Gasteiger partial charge in [-0.1, -0.05) is 159 Å². The van der Waals surface area contributed by atoms with Gasteiger partial charge in [0.1, 0.15) is 13.2 Å². The van der Waals surface area contributed by atoms with Crippen molar-refractivity contribution < 1.29 is 42.9 Å². The molecule has 2 unspecified atom stereocenters. The highest BCUT2D eigenvalue weighted by molar-refractivity contribution is 5.71. The van der Waals surface area contributed by atoms with E-state index in [0.717, 1.165) is 57.8 Å². The number of aliphatic carboxylic acids is 1. The van der Waals surface area contributed by atoms with Crippen molar-refractivity contribution in [1.82, 2.24) is 0 Å². The minimum atomic E-state index is -1.52. The molecule has 0 spiro atoms. The molecule has 0 rings (SSSR count). The number of carboxylic acids is 1. The normalized spacial score (nSPS) is 13.3. The molecule has 9 nitrogen and oxygen atoms in total. The van der Waals surface area contributed by atoms with Crippen LogP contribution in [0.15, 0.2) is 48.6 Å². The topological polar surface area (TPSA) is 108 Å². The highest BCUT2D eigenvalue weighted by atomic mass is 16.7. The summed E-state index contributed by atoms with van der Waals surface area (Å²) in [6.07, 6.45) is 46.1. The van der Waals surface area contributed by atoms with E-state index in [1.807, 2.05) is 21.1 Å². The maximum Gasteiger partial charge on any atom is 0.361 e. The van der Waals surface area contributed by atoms with Gasteiger partial charge < -0.3 is 28.5 Å². The molecule has 0 heterocycles. The van der Waals surface area contributed by atoms with Gasteiger partial charge in [0.2, 0.25) is 0 Å². The molecule has 342 valence electrons. The molecule has 1 N–H and O–H groups in total. The van der Waals surface area contributed by atoms with Crippen LogP contribution in [0.5, 0.6) is 0 Å². The number of ether oxygens (including phenoxy) is 4. The van der Waals surface area contributed by atoms with Crippen molar-refractivity contribution >= 4 is 17.9 Å². The van der Waals surface area contributed by atoms with Crippen LogP contribution >= 0.6 is 0 Å². The first-order valence-corrected chi connectivity index (χ1v) is 23.8. The van der Waals surface area contributed by atoms with E-state index in [0.29, 0.717) is 23.9 Å². The van der Waals surface area contributed by atoms with E-state index in [1.54, 1.807) is 0 Å². The van der Waals surface area contributed by atoms with Gasteiger partial charge in [-0.2, -0.15) is 0 Å². The Hall–Kier alpha value is -2.75. The molecule has 0 aliphatic rings. The maximum atomic E-state index is 12.7. The summed E-state index contributed by atoms with van der Waals surface area (Å²) >= 11 is 0. The fourth-order valence-corrected chi connectivity index (χ4v) is 6.37. The molecule has 0 aromatic heterocycles. The first-order valence-electron chi connectivity index (χ1n) is 23.8. The molecule has 0 aromatic rings. The lowest BCUT2D eigenvalue weighted by atomic mass is 10.1. The molecule has 0 aliphatic carbocycles. The zero-order chi connectivity index (χ0) is 43.5. The summed E-state index contributed by atoms with van der Waals surface area (Å²) in [4.78, 5) is 37.1. The molecule has 0 bridgehead atoms. The minimum absolute atomic E-state index is 0.180. The zero-order valence-electron chi connectivity index (χ0n) is 38.7. The van der Waals surface area contributed by atoms with Gasteiger partial charge >= 0.3 is 17.9 Å². The molecule has 0 radical (unpaired) electrons. The van der Waals surface area contributed by atoms with Crippen LogP contribution in [0.25, 0.3) is 0 Å². The molecule has 0 aromatic carbocycles. The highest BCUT2D eigenvalue weighted by Crippen LogP contribution is 2.14. The number of carbonyl (C=O) groups is 3. The Morgan fingerprint density at radius 2 is 0.966 bits per heavy atom. The van der Waals surface area contributed by atoms with E-state index in [9.17, 15) is 19.5 Å². The van der Waals surface area contributed by atoms with Crippen LogP contribution in [0.1, 0.15) is 194 Å². The predicted octanol–water partition coefficient (Wildman–Crippen LogP) is 12.8. The van der Waals surface area contributed by atoms with Gasteiger partial charge in [-0.25, -0.2) is 4.79 Å². The molecule has 0 fully saturated rings. The summed E-state index contributed by atoms with van der Waals surface area (Å²) in [6, 6.07) is 0. The average molecular weight is 833 g/mol. The first-order chi connectivity index (χ1) is 28.6. The van der Waals surface area contributed by atoms with E-state index in [4.69, 9.17) is 18.9 Å². The Bertz CT molecular complexity index is 1110. The maximum absolute atomic E-state index is 12.7. The second kappa shape index (κ2) is 42.0. The van der Waals surface area contributed by atoms with E-state index >= 15 is 0 Å². The lowest BCUT2D eigenvalue weighted by molar-refractivity contribution is -0.870. The van der Waals surface area contributed by atoms with Crippen LogP contribution in [0, 0.1) is 0 Å². The van der Waals surface area contributed by atoms with Gasteiger partial charge in [-0.05, 0) is 70.6 Å². The van der Waals surface area contributed by atoms with E-state index in [1.165, 1.54) is 103 Å². The number of likely N-dealkylation sites (N-methyl/N-ethyl adjacent to an activating group) is 1. The van der Waals surface area contributed by atoms with Crippen molar-refractivity contribution in [3.63, 3.8) is 0 Å². The molecule has 0 aliphatic heterocycles. The summed E-state index contributed by atoms with van der Waals surface area (Å²) < 4.78 is 22.7. The second-order valence-corrected chi connectivity index (χ2v) is 17.0. The first kappa shape index (κ1) is 56.2. The standard InChI is InChI=1S/C50H89NO8/c1-6-8-10-12-14-16-18-20-21-22-23-24-25-26-27-29-30-32-34-36-38-40-47(52)57-44-46(45-58-50(49(54)55)56-43-42-51(3,4)5)59-48(53)41-39-37-35-33-31-28-19-17-15-13-11-9-7-2/h9,11,15,17,22-23,28,31,46,50H,6-8,10,12-14,16,18-21,24-27,29-30,32-45H2,1-5H3/p+1/b11-9-,17-15-,23-22-,31-28-. The SMILES string of the molecule is CC/C=C\C/C=C\C/C=C\CCCCCC(=O)OC(COC(=O)CCCCCCCCCCC/C=C\CCCCCCCCCC)COC(OCC[N+](C)(C)C)C(=O)O. The fraction of sp³-hybridized carbons (Fsp3) is 0.780. The number of allylic oxidation sites excluding steroid dienone is 8. The van der Waals surface area contributed by atoms with E-state index in [-0.39, 0.29) is 32.2 Å². The van der Waals surface area contributed by atoms with Crippen LogP contribution in [-0.2, 0) is 33.3 Å². The summed E-state index contributed by atoms with van der Waals surface area (Å²) in [5.41, 5.74) is 0. The molecule has 59 heavy (non-hydrogen) atoms. The van der Waals surface area contributed by atoms with Crippen LogP contribution < -0.4 is 0 Å². The number of unbranched alkanes of at least 4 members (excludes halogenated alkanes) is 20. The number of esters is 2. The highest BCUT2D eigenvalue weighted by Gasteiger charge is 2.25. The number of nitrogens with zero attached hydrogens (tertiary/aromatic N) is 1. The Labute approximate surface area is 362 Å². The number of carboxylic acid groups (broad SMARTS) is 1. The molecule has 0 saturated carbocycles. The number of hydrogen-bond acceptors (Lipinski definition) is 7. The van der Waals surface area contributed by atoms with Crippen molar-refractivity contribution in [1.29, 1.82) is 0 Å². The summed E-state index contributed by atoms with van der Waals surface area (Å²) in [5.74, 6) is -2.05. The molecular weight excluding hydrogens is 743 g/mol. The van der Waals surface area contributed by atoms with Crippen LogP contribution in [0.3, 0.4) is 0 Å². The summed E-state index contributed by atoms with van der Waals surface area (Å²) in [7, 11) is 5.94. The van der Waals surface area contributed by atoms with Crippen LogP contribution in [0.4, 0.5) is 0 Å². The minimum Gasteiger partial charge on any atom is -0.477 e. The second-order valence-electron chi connectivity index (χ2n) is 17.0. The van der Waals surface area contributed by atoms with Gasteiger partial charge in [0.15, 0.2) is 6.10 Å². The van der Waals surface area contributed by atoms with Crippen LogP contribution in [-0.4, -0.2) is 87.4 Å². The van der Waals surface area contributed by atoms with Gasteiger partial charge in [-0.3, -0.25) is 9.59 Å². The van der Waals surface area contributed by atoms with Crippen molar-refractivity contribution in [2.45, 2.75) is 206 Å². The molecular formula is C50H90NO8+.